The van der Waals surface area contributed by atoms with Crippen molar-refractivity contribution in [2.24, 2.45) is 0 Å². The number of rotatable bonds is 5. The second-order valence-electron chi connectivity index (χ2n) is 6.55. The van der Waals surface area contributed by atoms with Gasteiger partial charge in [-0.2, -0.15) is 4.31 Å². The smallest absolute Gasteiger partial charge is 0.252 e. The van der Waals surface area contributed by atoms with Gasteiger partial charge in [-0.15, -0.1) is 11.3 Å². The molecular weight excluding hydrogens is 356 g/mol. The Morgan fingerprint density at radius 3 is 2.36 bits per heavy atom. The fraction of sp³-hybridized carbons (Fsp3) is 0.389. The lowest BCUT2D eigenvalue weighted by atomic mass is 10.1. The number of carbonyl (C=O) groups is 1. The van der Waals surface area contributed by atoms with E-state index in [9.17, 15) is 13.2 Å². The molecule has 1 aliphatic carbocycles. The Hall–Kier alpha value is -1.70. The summed E-state index contributed by atoms with van der Waals surface area (Å²) in [7, 11) is -3.37. The minimum Gasteiger partial charge on any atom is -0.349 e. The third kappa shape index (κ3) is 3.49. The molecule has 0 spiro atoms. The van der Waals surface area contributed by atoms with Crippen molar-refractivity contribution in [2.75, 3.05) is 13.1 Å². The number of carbonyl (C=O) groups excluding carboxylic acids is 1. The molecule has 0 unspecified atom stereocenters. The molecule has 132 valence electrons. The Morgan fingerprint density at radius 2 is 1.72 bits per heavy atom. The van der Waals surface area contributed by atoms with Gasteiger partial charge in [-0.05, 0) is 55.5 Å². The van der Waals surface area contributed by atoms with Crippen LogP contribution in [0.4, 0.5) is 0 Å². The maximum atomic E-state index is 12.6. The van der Waals surface area contributed by atoms with Gasteiger partial charge in [-0.1, -0.05) is 12.1 Å². The number of benzene rings is 1. The molecule has 0 bridgehead atoms. The second-order valence-corrected chi connectivity index (χ2v) is 9.80. The third-order valence-electron chi connectivity index (χ3n) is 4.58. The lowest BCUT2D eigenvalue weighted by Crippen LogP contribution is -2.27. The standard InChI is InChI=1S/C18H20N2O3S2/c21-18(19-15-7-8-15)14-5-3-13(4-6-14)16-9-10-17(24-16)25(22,23)20-11-1-2-12-20/h3-6,9-10,15H,1-2,7-8,11-12H2,(H,19,21). The second kappa shape index (κ2) is 6.55. The van der Waals surface area contributed by atoms with Gasteiger partial charge in [0, 0.05) is 29.6 Å². The van der Waals surface area contributed by atoms with Crippen molar-refractivity contribution in [3.8, 4) is 10.4 Å². The Kier molecular flexibility index (Phi) is 4.39. The van der Waals surface area contributed by atoms with E-state index in [1.165, 1.54) is 11.3 Å². The first kappa shape index (κ1) is 16.8. The molecule has 1 aromatic heterocycles. The van der Waals surface area contributed by atoms with E-state index in [0.717, 1.165) is 36.1 Å². The van der Waals surface area contributed by atoms with Gasteiger partial charge in [0.25, 0.3) is 15.9 Å². The van der Waals surface area contributed by atoms with Crippen LogP contribution in [0.15, 0.2) is 40.6 Å². The van der Waals surface area contributed by atoms with Gasteiger partial charge in [-0.3, -0.25) is 4.79 Å². The van der Waals surface area contributed by atoms with Gasteiger partial charge in [0.2, 0.25) is 0 Å². The highest BCUT2D eigenvalue weighted by Gasteiger charge is 2.28. The summed E-state index contributed by atoms with van der Waals surface area (Å²) >= 11 is 1.28. The average Bonchev–Trinajstić information content (AvgIpc) is 3.10. The van der Waals surface area contributed by atoms with E-state index in [4.69, 9.17) is 0 Å². The van der Waals surface area contributed by atoms with E-state index >= 15 is 0 Å². The van der Waals surface area contributed by atoms with Crippen molar-refractivity contribution >= 4 is 27.3 Å². The number of nitrogens with zero attached hydrogens (tertiary/aromatic N) is 1. The molecule has 1 amide bonds. The van der Waals surface area contributed by atoms with E-state index in [0.29, 0.717) is 28.9 Å². The van der Waals surface area contributed by atoms with Crippen LogP contribution in [0.3, 0.4) is 0 Å². The lowest BCUT2D eigenvalue weighted by molar-refractivity contribution is 0.0951. The van der Waals surface area contributed by atoms with Crippen LogP contribution in [-0.4, -0.2) is 37.8 Å². The van der Waals surface area contributed by atoms with Crippen molar-refractivity contribution in [3.63, 3.8) is 0 Å². The number of hydrogen-bond acceptors (Lipinski definition) is 4. The SMILES string of the molecule is O=C(NC1CC1)c1ccc(-c2ccc(S(=O)(=O)N3CCCC3)s2)cc1. The largest absolute Gasteiger partial charge is 0.349 e. The first-order valence-electron chi connectivity index (χ1n) is 8.55. The summed E-state index contributed by atoms with van der Waals surface area (Å²) in [6.07, 6.45) is 3.99. The Labute approximate surface area is 151 Å². The van der Waals surface area contributed by atoms with Crippen LogP contribution in [0.25, 0.3) is 10.4 Å². The fourth-order valence-corrected chi connectivity index (χ4v) is 5.93. The van der Waals surface area contributed by atoms with E-state index in [2.05, 4.69) is 5.32 Å². The monoisotopic (exact) mass is 376 g/mol. The Bertz CT molecular complexity index is 877. The topological polar surface area (TPSA) is 66.5 Å². The summed E-state index contributed by atoms with van der Waals surface area (Å²) in [6.45, 7) is 1.22. The van der Waals surface area contributed by atoms with Gasteiger partial charge >= 0.3 is 0 Å². The maximum absolute atomic E-state index is 12.6. The predicted octanol–water partition coefficient (Wildman–Crippen LogP) is 3.09. The molecule has 2 heterocycles. The summed E-state index contributed by atoms with van der Waals surface area (Å²) in [5.41, 5.74) is 1.56. The predicted molar refractivity (Wildman–Crippen MR) is 98.2 cm³/mol. The highest BCUT2D eigenvalue weighted by atomic mass is 32.2. The zero-order valence-corrected chi connectivity index (χ0v) is 15.4. The molecular formula is C18H20N2O3S2. The van der Waals surface area contributed by atoms with Gasteiger partial charge in [0.1, 0.15) is 4.21 Å². The van der Waals surface area contributed by atoms with Crippen LogP contribution in [0.1, 0.15) is 36.0 Å². The molecule has 4 rings (SSSR count). The van der Waals surface area contributed by atoms with Gasteiger partial charge in [0.05, 0.1) is 0 Å². The number of sulfonamides is 1. The minimum absolute atomic E-state index is 0.0440. The van der Waals surface area contributed by atoms with Crippen molar-refractivity contribution in [1.29, 1.82) is 0 Å². The molecule has 1 saturated carbocycles. The maximum Gasteiger partial charge on any atom is 0.252 e. The number of amides is 1. The Balaban J connectivity index is 1.52. The van der Waals surface area contributed by atoms with E-state index in [-0.39, 0.29) is 5.91 Å². The molecule has 1 aliphatic heterocycles. The van der Waals surface area contributed by atoms with Gasteiger partial charge in [-0.25, -0.2) is 8.42 Å². The molecule has 0 atom stereocenters. The summed E-state index contributed by atoms with van der Waals surface area (Å²) in [5, 5.41) is 2.96. The molecule has 0 radical (unpaired) electrons. The Morgan fingerprint density at radius 1 is 1.04 bits per heavy atom. The van der Waals surface area contributed by atoms with E-state index in [1.807, 2.05) is 18.2 Å². The summed E-state index contributed by atoms with van der Waals surface area (Å²) in [4.78, 5) is 12.9. The molecule has 1 aromatic carbocycles. The molecule has 5 nitrogen and oxygen atoms in total. The number of thiophene rings is 1. The average molecular weight is 377 g/mol. The van der Waals surface area contributed by atoms with Crippen LogP contribution < -0.4 is 5.32 Å². The number of hydrogen-bond donors (Lipinski definition) is 1. The molecule has 7 heteroatoms. The van der Waals surface area contributed by atoms with Crippen molar-refractivity contribution in [2.45, 2.75) is 35.9 Å². The molecule has 25 heavy (non-hydrogen) atoms. The quantitative estimate of drug-likeness (QED) is 0.872. The zero-order chi connectivity index (χ0) is 17.4. The van der Waals surface area contributed by atoms with Gasteiger partial charge in [0.15, 0.2) is 0 Å². The molecule has 2 aromatic rings. The summed E-state index contributed by atoms with van der Waals surface area (Å²) in [5.74, 6) is -0.0440. The number of nitrogens with one attached hydrogen (secondary N) is 1. The summed E-state index contributed by atoms with van der Waals surface area (Å²) in [6, 6.07) is 11.2. The lowest BCUT2D eigenvalue weighted by Gasteiger charge is -2.13. The highest BCUT2D eigenvalue weighted by molar-refractivity contribution is 7.91. The first-order chi connectivity index (χ1) is 12.0. The highest BCUT2D eigenvalue weighted by Crippen LogP contribution is 2.33. The normalized spacial score (nSPS) is 18.4. The van der Waals surface area contributed by atoms with Crippen LogP contribution in [0, 0.1) is 0 Å². The van der Waals surface area contributed by atoms with Crippen LogP contribution in [0.2, 0.25) is 0 Å². The van der Waals surface area contributed by atoms with Crippen LogP contribution >= 0.6 is 11.3 Å². The van der Waals surface area contributed by atoms with Gasteiger partial charge < -0.3 is 5.32 Å². The van der Waals surface area contributed by atoms with Crippen molar-refractivity contribution < 1.29 is 13.2 Å². The first-order valence-corrected chi connectivity index (χ1v) is 10.8. The van der Waals surface area contributed by atoms with Crippen molar-refractivity contribution in [3.05, 3.63) is 42.0 Å². The van der Waals surface area contributed by atoms with E-state index < -0.39 is 10.0 Å². The minimum atomic E-state index is -3.37. The fourth-order valence-electron chi connectivity index (χ4n) is 2.95. The molecule has 2 fully saturated rings. The zero-order valence-electron chi connectivity index (χ0n) is 13.8. The van der Waals surface area contributed by atoms with Crippen LogP contribution in [0.5, 0.6) is 0 Å². The van der Waals surface area contributed by atoms with Crippen molar-refractivity contribution in [1.82, 2.24) is 9.62 Å². The van der Waals surface area contributed by atoms with Crippen LogP contribution in [-0.2, 0) is 10.0 Å². The van der Waals surface area contributed by atoms with E-state index in [1.54, 1.807) is 22.5 Å². The summed E-state index contributed by atoms with van der Waals surface area (Å²) < 4.78 is 27.2. The molecule has 2 aliphatic rings. The molecule has 1 N–H and O–H groups in total. The third-order valence-corrected chi connectivity index (χ3v) is 8.09. The molecule has 1 saturated heterocycles.